The fourth-order valence-corrected chi connectivity index (χ4v) is 2.76. The minimum atomic E-state index is 0.374. The lowest BCUT2D eigenvalue weighted by molar-refractivity contribution is -0.00631. The molecule has 1 aromatic rings. The number of benzene rings is 1. The highest BCUT2D eigenvalue weighted by Crippen LogP contribution is 2.36. The number of anilines is 1. The third-order valence-corrected chi connectivity index (χ3v) is 4.15. The van der Waals surface area contributed by atoms with Crippen molar-refractivity contribution < 1.29 is 9.47 Å². The Morgan fingerprint density at radius 2 is 1.95 bits per heavy atom. The van der Waals surface area contributed by atoms with Crippen LogP contribution in [0, 0.1) is 5.41 Å². The summed E-state index contributed by atoms with van der Waals surface area (Å²) in [5.41, 5.74) is 8.15. The Labute approximate surface area is 122 Å². The van der Waals surface area contributed by atoms with Gasteiger partial charge in [0.2, 0.25) is 0 Å². The van der Waals surface area contributed by atoms with Crippen LogP contribution in [0.2, 0.25) is 0 Å². The van der Waals surface area contributed by atoms with Crippen LogP contribution in [0.25, 0.3) is 0 Å². The second-order valence-electron chi connectivity index (χ2n) is 6.47. The van der Waals surface area contributed by atoms with Crippen LogP contribution in [0.5, 0.6) is 5.75 Å². The van der Waals surface area contributed by atoms with Crippen molar-refractivity contribution in [3.8, 4) is 5.75 Å². The second kappa shape index (κ2) is 6.49. The third kappa shape index (κ3) is 4.14. The molecular formula is C17H27NO2. The van der Waals surface area contributed by atoms with Gasteiger partial charge in [0.05, 0.1) is 19.3 Å². The summed E-state index contributed by atoms with van der Waals surface area (Å²) in [5.74, 6) is 0.887. The van der Waals surface area contributed by atoms with E-state index in [1.165, 1.54) is 12.8 Å². The van der Waals surface area contributed by atoms with Gasteiger partial charge in [0.1, 0.15) is 5.75 Å². The molecule has 1 saturated carbocycles. The quantitative estimate of drug-likeness (QED) is 0.822. The zero-order chi connectivity index (χ0) is 14.6. The van der Waals surface area contributed by atoms with Gasteiger partial charge >= 0.3 is 0 Å². The lowest BCUT2D eigenvalue weighted by Crippen LogP contribution is -2.26. The number of nitrogen functional groups attached to an aromatic ring is 1. The van der Waals surface area contributed by atoms with Gasteiger partial charge in [0.25, 0.3) is 0 Å². The van der Waals surface area contributed by atoms with Gasteiger partial charge in [-0.25, -0.2) is 0 Å². The van der Waals surface area contributed by atoms with Gasteiger partial charge in [-0.2, -0.15) is 0 Å². The topological polar surface area (TPSA) is 44.5 Å². The highest BCUT2D eigenvalue weighted by atomic mass is 16.5. The Morgan fingerprint density at radius 1 is 1.25 bits per heavy atom. The van der Waals surface area contributed by atoms with E-state index in [-0.39, 0.29) is 0 Å². The number of hydrogen-bond acceptors (Lipinski definition) is 3. The lowest BCUT2D eigenvalue weighted by Gasteiger charge is -2.34. The zero-order valence-electron chi connectivity index (χ0n) is 12.9. The maximum atomic E-state index is 6.07. The summed E-state index contributed by atoms with van der Waals surface area (Å²) in [6, 6.07) is 5.76. The van der Waals surface area contributed by atoms with Crippen molar-refractivity contribution in [2.75, 3.05) is 12.3 Å². The number of nitrogens with two attached hydrogens (primary N) is 1. The Kier molecular flexibility index (Phi) is 4.92. The maximum Gasteiger partial charge on any atom is 0.124 e. The first kappa shape index (κ1) is 15.2. The van der Waals surface area contributed by atoms with Crippen molar-refractivity contribution in [3.63, 3.8) is 0 Å². The molecule has 1 aromatic carbocycles. The molecule has 0 aliphatic heterocycles. The molecule has 0 bridgehead atoms. The fraction of sp³-hybridized carbons (Fsp3) is 0.647. The minimum absolute atomic E-state index is 0.374. The van der Waals surface area contributed by atoms with E-state index in [2.05, 4.69) is 13.8 Å². The predicted octanol–water partition coefficient (Wildman–Crippen LogP) is 4.15. The van der Waals surface area contributed by atoms with Gasteiger partial charge in [0, 0.05) is 11.3 Å². The monoisotopic (exact) mass is 277 g/mol. The van der Waals surface area contributed by atoms with Crippen LogP contribution in [0.1, 0.15) is 52.0 Å². The molecule has 2 rings (SSSR count). The molecule has 112 valence electrons. The van der Waals surface area contributed by atoms with E-state index < -0.39 is 0 Å². The van der Waals surface area contributed by atoms with Gasteiger partial charge in [-0.3, -0.25) is 0 Å². The molecule has 0 radical (unpaired) electrons. The smallest absolute Gasteiger partial charge is 0.124 e. The van der Waals surface area contributed by atoms with Crippen molar-refractivity contribution in [1.29, 1.82) is 0 Å². The van der Waals surface area contributed by atoms with Gasteiger partial charge in [-0.05, 0) is 56.2 Å². The molecule has 20 heavy (non-hydrogen) atoms. The van der Waals surface area contributed by atoms with Crippen LogP contribution in [0.15, 0.2) is 18.2 Å². The molecule has 0 atom stereocenters. The van der Waals surface area contributed by atoms with Crippen LogP contribution in [-0.2, 0) is 11.3 Å². The maximum absolute atomic E-state index is 6.07. The highest BCUT2D eigenvalue weighted by molar-refractivity contribution is 5.47. The Hall–Kier alpha value is -1.22. The van der Waals surface area contributed by atoms with E-state index in [9.17, 15) is 0 Å². The molecule has 0 amide bonds. The van der Waals surface area contributed by atoms with Crippen LogP contribution in [-0.4, -0.2) is 12.7 Å². The summed E-state index contributed by atoms with van der Waals surface area (Å²) in [6.07, 6.45) is 5.16. The van der Waals surface area contributed by atoms with Gasteiger partial charge in [-0.15, -0.1) is 0 Å². The molecule has 0 aromatic heterocycles. The van der Waals surface area contributed by atoms with Gasteiger partial charge in [0.15, 0.2) is 0 Å². The summed E-state index contributed by atoms with van der Waals surface area (Å²) in [4.78, 5) is 0. The third-order valence-electron chi connectivity index (χ3n) is 4.15. The first-order chi connectivity index (χ1) is 9.50. The van der Waals surface area contributed by atoms with Crippen molar-refractivity contribution in [2.45, 2.75) is 59.2 Å². The molecule has 0 saturated heterocycles. The Balaban J connectivity index is 1.92. The number of hydrogen-bond donors (Lipinski definition) is 1. The van der Waals surface area contributed by atoms with Crippen LogP contribution in [0.4, 0.5) is 5.69 Å². The van der Waals surface area contributed by atoms with Gasteiger partial charge < -0.3 is 15.2 Å². The van der Waals surface area contributed by atoms with Crippen LogP contribution in [0.3, 0.4) is 0 Å². The van der Waals surface area contributed by atoms with Crippen molar-refractivity contribution in [2.24, 2.45) is 5.41 Å². The molecule has 3 nitrogen and oxygen atoms in total. The van der Waals surface area contributed by atoms with Crippen molar-refractivity contribution >= 4 is 5.69 Å². The molecule has 1 aliphatic rings. The van der Waals surface area contributed by atoms with E-state index >= 15 is 0 Å². The molecule has 1 aliphatic carbocycles. The molecule has 2 N–H and O–H groups in total. The SMILES string of the molecule is CCOc1ccc(N)cc1COC1CCC(C)(C)CC1. The summed E-state index contributed by atoms with van der Waals surface area (Å²) in [7, 11) is 0. The summed E-state index contributed by atoms with van der Waals surface area (Å²) < 4.78 is 11.7. The lowest BCUT2D eigenvalue weighted by atomic mass is 9.76. The molecule has 0 unspecified atom stereocenters. The van der Waals surface area contributed by atoms with Gasteiger partial charge in [-0.1, -0.05) is 13.8 Å². The first-order valence-corrected chi connectivity index (χ1v) is 7.63. The average Bonchev–Trinajstić information content (AvgIpc) is 2.40. The van der Waals surface area contributed by atoms with Crippen molar-refractivity contribution in [1.82, 2.24) is 0 Å². The molecule has 0 heterocycles. The average molecular weight is 277 g/mol. The number of rotatable bonds is 5. The summed E-state index contributed by atoms with van der Waals surface area (Å²) in [5, 5.41) is 0. The number of ether oxygens (including phenoxy) is 2. The molecule has 0 spiro atoms. The normalized spacial score (nSPS) is 18.9. The van der Waals surface area contributed by atoms with E-state index in [4.69, 9.17) is 15.2 Å². The largest absolute Gasteiger partial charge is 0.494 e. The molecule has 3 heteroatoms. The van der Waals surface area contributed by atoms with E-state index in [0.717, 1.165) is 29.8 Å². The zero-order valence-corrected chi connectivity index (χ0v) is 12.9. The summed E-state index contributed by atoms with van der Waals surface area (Å²) in [6.45, 7) is 7.92. The van der Waals surface area contributed by atoms with E-state index in [0.29, 0.717) is 24.7 Å². The Bertz CT molecular complexity index is 433. The first-order valence-electron chi connectivity index (χ1n) is 7.63. The molecular weight excluding hydrogens is 250 g/mol. The summed E-state index contributed by atoms with van der Waals surface area (Å²) >= 11 is 0. The van der Waals surface area contributed by atoms with E-state index in [1.54, 1.807) is 0 Å². The highest BCUT2D eigenvalue weighted by Gasteiger charge is 2.27. The van der Waals surface area contributed by atoms with Crippen LogP contribution < -0.4 is 10.5 Å². The predicted molar refractivity (Wildman–Crippen MR) is 82.8 cm³/mol. The standard InChI is InChI=1S/C17H27NO2/c1-4-19-16-6-5-14(18)11-13(16)12-20-15-7-9-17(2,3)10-8-15/h5-6,11,15H,4,7-10,12,18H2,1-3H3. The van der Waals surface area contributed by atoms with E-state index in [1.807, 2.05) is 25.1 Å². The second-order valence-corrected chi connectivity index (χ2v) is 6.47. The Morgan fingerprint density at radius 3 is 2.60 bits per heavy atom. The minimum Gasteiger partial charge on any atom is -0.494 e. The van der Waals surface area contributed by atoms with Crippen LogP contribution >= 0.6 is 0 Å². The fourth-order valence-electron chi connectivity index (χ4n) is 2.76. The molecule has 1 fully saturated rings. The van der Waals surface area contributed by atoms with Crippen molar-refractivity contribution in [3.05, 3.63) is 23.8 Å².